The highest BCUT2D eigenvalue weighted by Gasteiger charge is 2.25. The molecule has 100 valence electrons. The molecule has 1 aromatic heterocycles. The molecule has 3 unspecified atom stereocenters. The Hall–Kier alpha value is -1.12. The van der Waals surface area contributed by atoms with Crippen molar-refractivity contribution in [2.24, 2.45) is 11.8 Å². The van der Waals surface area contributed by atoms with Crippen LogP contribution in [0.15, 0.2) is 6.07 Å². The van der Waals surface area contributed by atoms with E-state index >= 15 is 0 Å². The van der Waals surface area contributed by atoms with Crippen molar-refractivity contribution in [3.8, 4) is 0 Å². The van der Waals surface area contributed by atoms with Gasteiger partial charge in [-0.1, -0.05) is 20.8 Å². The third kappa shape index (κ3) is 3.21. The van der Waals surface area contributed by atoms with Crippen LogP contribution in [-0.4, -0.2) is 16.0 Å². The maximum atomic E-state index is 4.51. The Balaban J connectivity index is 2.06. The number of hydrogen-bond donors (Lipinski definition) is 1. The smallest absolute Gasteiger partial charge is 0.130 e. The molecule has 1 saturated carbocycles. The normalized spacial score (nSPS) is 28.1. The fourth-order valence-electron chi connectivity index (χ4n) is 2.95. The first kappa shape index (κ1) is 13.3. The molecular formula is C15H25N3. The van der Waals surface area contributed by atoms with E-state index in [9.17, 15) is 0 Å². The van der Waals surface area contributed by atoms with E-state index in [0.29, 0.717) is 6.04 Å². The zero-order valence-electron chi connectivity index (χ0n) is 12.0. The molecule has 3 heteroatoms. The molecule has 1 aliphatic rings. The number of hydrogen-bond acceptors (Lipinski definition) is 3. The van der Waals surface area contributed by atoms with Crippen LogP contribution in [0.3, 0.4) is 0 Å². The Morgan fingerprint density at radius 1 is 1.28 bits per heavy atom. The lowest BCUT2D eigenvalue weighted by Gasteiger charge is -2.33. The van der Waals surface area contributed by atoms with Gasteiger partial charge in [-0.25, -0.2) is 9.97 Å². The van der Waals surface area contributed by atoms with E-state index in [-0.39, 0.29) is 0 Å². The SMILES string of the molecule is CCc1cc(NC2CCC(C)CC2C)nc(C)n1. The van der Waals surface area contributed by atoms with Crippen molar-refractivity contribution in [1.82, 2.24) is 9.97 Å². The molecule has 0 amide bonds. The first-order valence-corrected chi connectivity index (χ1v) is 7.19. The largest absolute Gasteiger partial charge is 0.367 e. The number of aryl methyl sites for hydroxylation is 2. The topological polar surface area (TPSA) is 37.8 Å². The molecule has 0 saturated heterocycles. The average molecular weight is 247 g/mol. The number of nitrogens with one attached hydrogen (secondary N) is 1. The summed E-state index contributed by atoms with van der Waals surface area (Å²) in [5, 5.41) is 3.62. The fourth-order valence-corrected chi connectivity index (χ4v) is 2.95. The van der Waals surface area contributed by atoms with E-state index in [0.717, 1.165) is 35.6 Å². The standard InChI is InChI=1S/C15H25N3/c1-5-13-9-15(17-12(4)16-13)18-14-7-6-10(2)8-11(14)3/h9-11,14H,5-8H2,1-4H3,(H,16,17,18). The molecule has 1 aromatic rings. The van der Waals surface area contributed by atoms with Gasteiger partial charge in [-0.15, -0.1) is 0 Å². The Bertz CT molecular complexity index is 403. The monoisotopic (exact) mass is 247 g/mol. The van der Waals surface area contributed by atoms with Gasteiger partial charge in [0, 0.05) is 17.8 Å². The van der Waals surface area contributed by atoms with Gasteiger partial charge in [0.15, 0.2) is 0 Å². The van der Waals surface area contributed by atoms with E-state index in [1.54, 1.807) is 0 Å². The first-order chi connectivity index (χ1) is 8.58. The molecule has 3 atom stereocenters. The molecule has 0 aliphatic heterocycles. The molecule has 18 heavy (non-hydrogen) atoms. The lowest BCUT2D eigenvalue weighted by atomic mass is 9.80. The molecular weight excluding hydrogens is 222 g/mol. The zero-order valence-corrected chi connectivity index (χ0v) is 12.0. The molecule has 2 rings (SSSR count). The minimum Gasteiger partial charge on any atom is -0.367 e. The zero-order chi connectivity index (χ0) is 13.1. The van der Waals surface area contributed by atoms with Gasteiger partial charge < -0.3 is 5.32 Å². The molecule has 1 fully saturated rings. The highest BCUT2D eigenvalue weighted by molar-refractivity contribution is 5.37. The Kier molecular flexibility index (Phi) is 4.20. The molecule has 1 N–H and O–H groups in total. The second-order valence-corrected chi connectivity index (χ2v) is 5.79. The number of anilines is 1. The van der Waals surface area contributed by atoms with E-state index < -0.39 is 0 Å². The van der Waals surface area contributed by atoms with Gasteiger partial charge >= 0.3 is 0 Å². The predicted octanol–water partition coefficient (Wildman–Crippen LogP) is 3.58. The van der Waals surface area contributed by atoms with Crippen LogP contribution in [0, 0.1) is 18.8 Å². The fraction of sp³-hybridized carbons (Fsp3) is 0.733. The molecule has 0 radical (unpaired) electrons. The summed E-state index contributed by atoms with van der Waals surface area (Å²) < 4.78 is 0. The lowest BCUT2D eigenvalue weighted by molar-refractivity contribution is 0.276. The summed E-state index contributed by atoms with van der Waals surface area (Å²) in [5.41, 5.74) is 1.13. The third-order valence-electron chi connectivity index (χ3n) is 4.02. The van der Waals surface area contributed by atoms with Crippen LogP contribution >= 0.6 is 0 Å². The van der Waals surface area contributed by atoms with Crippen LogP contribution in [0.2, 0.25) is 0 Å². The van der Waals surface area contributed by atoms with Crippen molar-refractivity contribution in [2.45, 2.75) is 59.4 Å². The van der Waals surface area contributed by atoms with Gasteiger partial charge in [-0.05, 0) is 44.4 Å². The Labute approximate surface area is 110 Å². The Morgan fingerprint density at radius 2 is 2.06 bits per heavy atom. The van der Waals surface area contributed by atoms with Crippen molar-refractivity contribution in [3.63, 3.8) is 0 Å². The van der Waals surface area contributed by atoms with Crippen LogP contribution in [0.25, 0.3) is 0 Å². The van der Waals surface area contributed by atoms with Crippen molar-refractivity contribution < 1.29 is 0 Å². The maximum Gasteiger partial charge on any atom is 0.130 e. The summed E-state index contributed by atoms with van der Waals surface area (Å²) in [6.45, 7) is 8.81. The van der Waals surface area contributed by atoms with Gasteiger partial charge in [0.1, 0.15) is 11.6 Å². The van der Waals surface area contributed by atoms with E-state index in [2.05, 4.69) is 42.1 Å². The highest BCUT2D eigenvalue weighted by Crippen LogP contribution is 2.30. The molecule has 0 bridgehead atoms. The van der Waals surface area contributed by atoms with Gasteiger partial charge in [0.25, 0.3) is 0 Å². The van der Waals surface area contributed by atoms with Crippen molar-refractivity contribution >= 4 is 5.82 Å². The van der Waals surface area contributed by atoms with Crippen LogP contribution in [0.4, 0.5) is 5.82 Å². The summed E-state index contributed by atoms with van der Waals surface area (Å²) >= 11 is 0. The van der Waals surface area contributed by atoms with Crippen LogP contribution in [0.1, 0.15) is 51.6 Å². The summed E-state index contributed by atoms with van der Waals surface area (Å²) in [4.78, 5) is 8.93. The number of rotatable bonds is 3. The van der Waals surface area contributed by atoms with Crippen molar-refractivity contribution in [2.75, 3.05) is 5.32 Å². The molecule has 0 spiro atoms. The summed E-state index contributed by atoms with van der Waals surface area (Å²) in [6.07, 6.45) is 4.87. The maximum absolute atomic E-state index is 4.51. The minimum absolute atomic E-state index is 0.570. The van der Waals surface area contributed by atoms with Crippen LogP contribution in [-0.2, 0) is 6.42 Å². The third-order valence-corrected chi connectivity index (χ3v) is 4.02. The van der Waals surface area contributed by atoms with Gasteiger partial charge in [0.2, 0.25) is 0 Å². The second kappa shape index (κ2) is 5.68. The molecule has 0 aromatic carbocycles. The lowest BCUT2D eigenvalue weighted by Crippen LogP contribution is -2.33. The summed E-state index contributed by atoms with van der Waals surface area (Å²) in [6, 6.07) is 2.66. The molecule has 1 aliphatic carbocycles. The molecule has 3 nitrogen and oxygen atoms in total. The number of aromatic nitrogens is 2. The van der Waals surface area contributed by atoms with Gasteiger partial charge in [0.05, 0.1) is 0 Å². The van der Waals surface area contributed by atoms with Crippen molar-refractivity contribution in [1.29, 1.82) is 0 Å². The van der Waals surface area contributed by atoms with Gasteiger partial charge in [-0.2, -0.15) is 0 Å². The first-order valence-electron chi connectivity index (χ1n) is 7.19. The van der Waals surface area contributed by atoms with Gasteiger partial charge in [-0.3, -0.25) is 0 Å². The molecule has 1 heterocycles. The van der Waals surface area contributed by atoms with Crippen LogP contribution < -0.4 is 5.32 Å². The second-order valence-electron chi connectivity index (χ2n) is 5.79. The van der Waals surface area contributed by atoms with E-state index in [1.807, 2.05) is 6.92 Å². The highest BCUT2D eigenvalue weighted by atomic mass is 15.1. The quantitative estimate of drug-likeness (QED) is 0.887. The predicted molar refractivity (Wildman–Crippen MR) is 75.7 cm³/mol. The minimum atomic E-state index is 0.570. The summed E-state index contributed by atoms with van der Waals surface area (Å²) in [5.74, 6) is 3.48. The summed E-state index contributed by atoms with van der Waals surface area (Å²) in [7, 11) is 0. The number of nitrogens with zero attached hydrogens (tertiary/aromatic N) is 2. The van der Waals surface area contributed by atoms with Crippen LogP contribution in [0.5, 0.6) is 0 Å². The van der Waals surface area contributed by atoms with Crippen molar-refractivity contribution in [3.05, 3.63) is 17.6 Å². The van der Waals surface area contributed by atoms with E-state index in [4.69, 9.17) is 0 Å². The van der Waals surface area contributed by atoms with E-state index in [1.165, 1.54) is 19.3 Å². The Morgan fingerprint density at radius 3 is 2.72 bits per heavy atom. The average Bonchev–Trinajstić information content (AvgIpc) is 2.32.